The van der Waals surface area contributed by atoms with Crippen LogP contribution in [0.3, 0.4) is 0 Å². The molecule has 3 aromatic carbocycles. The van der Waals surface area contributed by atoms with Gasteiger partial charge in [-0.25, -0.2) is 5.01 Å². The van der Waals surface area contributed by atoms with E-state index in [2.05, 4.69) is 0 Å². The number of hydrogen-bond acceptors (Lipinski definition) is 7. The van der Waals surface area contributed by atoms with Crippen LogP contribution in [0.1, 0.15) is 42.3 Å². The van der Waals surface area contributed by atoms with Gasteiger partial charge in [0.15, 0.2) is 23.0 Å². The molecule has 0 spiro atoms. The van der Waals surface area contributed by atoms with E-state index in [0.29, 0.717) is 41.0 Å². The van der Waals surface area contributed by atoms with Gasteiger partial charge in [-0.3, -0.25) is 0 Å². The van der Waals surface area contributed by atoms with E-state index in [0.717, 1.165) is 28.2 Å². The summed E-state index contributed by atoms with van der Waals surface area (Å²) in [5.74, 6) is 3.46. The highest BCUT2D eigenvalue weighted by Gasteiger charge is 2.41. The smallest absolute Gasteiger partial charge is 0.214 e. The predicted molar refractivity (Wildman–Crippen MR) is 134 cm³/mol. The van der Waals surface area contributed by atoms with E-state index < -0.39 is 6.23 Å². The molecule has 0 bridgehead atoms. The van der Waals surface area contributed by atoms with Crippen molar-refractivity contribution < 1.29 is 23.7 Å². The zero-order chi connectivity index (χ0) is 24.5. The Balaban J connectivity index is 1.58. The van der Waals surface area contributed by atoms with Gasteiger partial charge in [0.1, 0.15) is 5.75 Å². The topological polar surface area (TPSA) is 61.8 Å². The fraction of sp³-hybridized carbons (Fsp3) is 0.296. The molecule has 0 unspecified atom stereocenters. The second kappa shape index (κ2) is 9.58. The molecule has 0 saturated carbocycles. The van der Waals surface area contributed by atoms with Gasteiger partial charge in [-0.1, -0.05) is 11.6 Å². The molecule has 0 amide bonds. The van der Waals surface area contributed by atoms with Crippen LogP contribution < -0.4 is 23.7 Å². The molecule has 2 aliphatic heterocycles. The molecule has 8 heteroatoms. The lowest BCUT2D eigenvalue weighted by molar-refractivity contribution is -0.0191. The average Bonchev–Trinajstić information content (AvgIpc) is 3.34. The van der Waals surface area contributed by atoms with Crippen molar-refractivity contribution in [1.29, 1.82) is 0 Å². The van der Waals surface area contributed by atoms with Crippen molar-refractivity contribution in [1.82, 2.24) is 5.01 Å². The maximum Gasteiger partial charge on any atom is 0.214 e. The fourth-order valence-electron chi connectivity index (χ4n) is 4.58. The third kappa shape index (κ3) is 4.21. The van der Waals surface area contributed by atoms with Gasteiger partial charge in [0.2, 0.25) is 6.23 Å². The van der Waals surface area contributed by atoms with Gasteiger partial charge in [0.05, 0.1) is 39.7 Å². The molecule has 2 aliphatic rings. The summed E-state index contributed by atoms with van der Waals surface area (Å²) in [5, 5.41) is 7.69. The van der Waals surface area contributed by atoms with Crippen LogP contribution >= 0.6 is 11.6 Å². The lowest BCUT2D eigenvalue weighted by Crippen LogP contribution is -2.33. The number of halogens is 1. The van der Waals surface area contributed by atoms with Crippen molar-refractivity contribution in [2.24, 2.45) is 5.10 Å². The number of nitrogens with zero attached hydrogens (tertiary/aromatic N) is 2. The number of hydrogen-bond donors (Lipinski definition) is 0. The molecular formula is C27H27ClN2O5. The van der Waals surface area contributed by atoms with E-state index >= 15 is 0 Å². The summed E-state index contributed by atoms with van der Waals surface area (Å²) in [6, 6.07) is 17.3. The molecule has 0 saturated heterocycles. The summed E-state index contributed by atoms with van der Waals surface area (Å²) >= 11 is 6.36. The molecule has 0 radical (unpaired) electrons. The molecule has 35 heavy (non-hydrogen) atoms. The Bertz CT molecular complexity index is 1280. The highest BCUT2D eigenvalue weighted by atomic mass is 35.5. The van der Waals surface area contributed by atoms with Crippen molar-refractivity contribution in [3.8, 4) is 28.7 Å². The SMILES string of the molecule is CCOc1ccc([C@@H]2Oc3ccc(Cl)cc3[C@H]3CC(c4ccc(OC)c(OC)c4)=NN32)cc1OC. The van der Waals surface area contributed by atoms with E-state index in [-0.39, 0.29) is 6.04 Å². The zero-order valence-electron chi connectivity index (χ0n) is 20.1. The van der Waals surface area contributed by atoms with Gasteiger partial charge in [0, 0.05) is 28.1 Å². The molecule has 2 atom stereocenters. The largest absolute Gasteiger partial charge is 0.493 e. The summed E-state index contributed by atoms with van der Waals surface area (Å²) in [6.07, 6.45) is 0.243. The first-order chi connectivity index (χ1) is 17.1. The van der Waals surface area contributed by atoms with Gasteiger partial charge in [-0.05, 0) is 61.5 Å². The number of benzene rings is 3. The molecule has 0 aliphatic carbocycles. The number of methoxy groups -OCH3 is 3. The van der Waals surface area contributed by atoms with Crippen LogP contribution in [0.25, 0.3) is 0 Å². The minimum absolute atomic E-state index is 0.0388. The van der Waals surface area contributed by atoms with Crippen LogP contribution in [0, 0.1) is 0 Å². The number of rotatable bonds is 7. The Morgan fingerprint density at radius 2 is 1.66 bits per heavy atom. The lowest BCUT2D eigenvalue weighted by Gasteiger charge is -2.38. The second-order valence-corrected chi connectivity index (χ2v) is 8.65. The van der Waals surface area contributed by atoms with Crippen LogP contribution in [0.4, 0.5) is 0 Å². The lowest BCUT2D eigenvalue weighted by atomic mass is 9.95. The van der Waals surface area contributed by atoms with Crippen LogP contribution in [0.2, 0.25) is 5.02 Å². The first-order valence-corrected chi connectivity index (χ1v) is 11.8. The molecule has 0 N–H and O–H groups in total. The van der Waals surface area contributed by atoms with Crippen molar-refractivity contribution in [2.45, 2.75) is 25.6 Å². The Morgan fingerprint density at radius 1 is 0.914 bits per heavy atom. The van der Waals surface area contributed by atoms with Crippen molar-refractivity contribution in [2.75, 3.05) is 27.9 Å². The van der Waals surface area contributed by atoms with E-state index in [1.165, 1.54) is 0 Å². The summed E-state index contributed by atoms with van der Waals surface area (Å²) in [5.41, 5.74) is 3.80. The third-order valence-corrected chi connectivity index (χ3v) is 6.48. The zero-order valence-corrected chi connectivity index (χ0v) is 20.8. The van der Waals surface area contributed by atoms with Gasteiger partial charge >= 0.3 is 0 Å². The van der Waals surface area contributed by atoms with Crippen molar-refractivity contribution in [3.05, 3.63) is 76.3 Å². The highest BCUT2D eigenvalue weighted by molar-refractivity contribution is 6.30. The standard InChI is InChI=1S/C27H27ClN2O5/c1-5-34-24-10-7-17(13-26(24)33-4)27-30-21(19-14-18(28)8-11-22(19)35-27)15-20(29-30)16-6-9-23(31-2)25(12-16)32-3/h6-14,21,27H,5,15H2,1-4H3/t21-,27+/m1/s1. The molecule has 0 aromatic heterocycles. The van der Waals surface area contributed by atoms with Gasteiger partial charge in [-0.15, -0.1) is 0 Å². The minimum Gasteiger partial charge on any atom is -0.493 e. The van der Waals surface area contributed by atoms with Gasteiger partial charge < -0.3 is 23.7 Å². The van der Waals surface area contributed by atoms with Crippen LogP contribution in [0.15, 0.2) is 59.7 Å². The van der Waals surface area contributed by atoms with E-state index in [9.17, 15) is 0 Å². The van der Waals surface area contributed by atoms with Gasteiger partial charge in [-0.2, -0.15) is 5.10 Å². The summed E-state index contributed by atoms with van der Waals surface area (Å²) in [4.78, 5) is 0. The van der Waals surface area contributed by atoms with Crippen LogP contribution in [-0.4, -0.2) is 38.7 Å². The fourth-order valence-corrected chi connectivity index (χ4v) is 4.76. The first-order valence-electron chi connectivity index (χ1n) is 11.4. The van der Waals surface area contributed by atoms with Gasteiger partial charge in [0.25, 0.3) is 0 Å². The van der Waals surface area contributed by atoms with Crippen LogP contribution in [0.5, 0.6) is 28.7 Å². The Labute approximate surface area is 209 Å². The van der Waals surface area contributed by atoms with E-state index in [4.69, 9.17) is 40.4 Å². The van der Waals surface area contributed by atoms with E-state index in [1.54, 1.807) is 21.3 Å². The highest BCUT2D eigenvalue weighted by Crippen LogP contribution is 2.49. The summed E-state index contributed by atoms with van der Waals surface area (Å²) in [7, 11) is 4.88. The quantitative estimate of drug-likeness (QED) is 0.401. The Morgan fingerprint density at radius 3 is 2.40 bits per heavy atom. The maximum absolute atomic E-state index is 6.47. The first kappa shape index (κ1) is 23.2. The predicted octanol–water partition coefficient (Wildman–Crippen LogP) is 6.01. The van der Waals surface area contributed by atoms with E-state index in [1.807, 2.05) is 66.5 Å². The maximum atomic E-state index is 6.47. The van der Waals surface area contributed by atoms with Crippen LogP contribution in [-0.2, 0) is 0 Å². The summed E-state index contributed by atoms with van der Waals surface area (Å²) in [6.45, 7) is 2.50. The number of fused-ring (bicyclic) bond motifs is 3. The van der Waals surface area contributed by atoms with Crippen molar-refractivity contribution in [3.63, 3.8) is 0 Å². The Kier molecular flexibility index (Phi) is 6.34. The number of hydrazone groups is 1. The summed E-state index contributed by atoms with van der Waals surface area (Å²) < 4.78 is 28.7. The molecule has 0 fully saturated rings. The van der Waals surface area contributed by atoms with Crippen molar-refractivity contribution >= 4 is 17.3 Å². The normalized spacial score (nSPS) is 18.2. The minimum atomic E-state index is -0.448. The molecule has 2 heterocycles. The number of ether oxygens (including phenoxy) is 5. The molecule has 182 valence electrons. The molecule has 3 aromatic rings. The molecular weight excluding hydrogens is 468 g/mol. The third-order valence-electron chi connectivity index (χ3n) is 6.24. The monoisotopic (exact) mass is 494 g/mol. The molecule has 7 nitrogen and oxygen atoms in total. The molecule has 5 rings (SSSR count). The Hall–Kier alpha value is -3.58. The average molecular weight is 495 g/mol. The second-order valence-electron chi connectivity index (χ2n) is 8.21.